The molecule has 0 aromatic carbocycles. The van der Waals surface area contributed by atoms with Crippen LogP contribution in [-0.4, -0.2) is 48.0 Å². The van der Waals surface area contributed by atoms with Crippen LogP contribution >= 0.6 is 0 Å². The van der Waals surface area contributed by atoms with E-state index >= 15 is 0 Å². The fourth-order valence-corrected chi connectivity index (χ4v) is 1.54. The Kier molecular flexibility index (Phi) is 5.15. The van der Waals surface area contributed by atoms with Crippen LogP contribution in [0.3, 0.4) is 0 Å². The summed E-state index contributed by atoms with van der Waals surface area (Å²) in [6.45, 7) is 0.911. The standard InChI is InChI=1S/C10H17N9O/c11-18-9-15-8(13-4-2-1-3-5-20)16-10(17-9)19-7-12-6-14-19/h6-7,20H,1-5,11H2,(H2,13,15,16,17,18). The van der Waals surface area contributed by atoms with E-state index in [1.54, 1.807) is 0 Å². The Labute approximate surface area is 115 Å². The molecule has 2 aromatic heterocycles. The minimum atomic E-state index is 0.212. The molecule has 0 spiro atoms. The molecule has 0 aliphatic rings. The Morgan fingerprint density at radius 1 is 1.15 bits per heavy atom. The molecule has 10 nitrogen and oxygen atoms in total. The molecule has 0 unspecified atom stereocenters. The van der Waals surface area contributed by atoms with Gasteiger partial charge in [0.05, 0.1) is 0 Å². The highest BCUT2D eigenvalue weighted by molar-refractivity contribution is 5.36. The van der Waals surface area contributed by atoms with Crippen LogP contribution in [0.2, 0.25) is 0 Å². The minimum Gasteiger partial charge on any atom is -0.396 e. The van der Waals surface area contributed by atoms with E-state index in [9.17, 15) is 0 Å². The smallest absolute Gasteiger partial charge is 0.258 e. The second kappa shape index (κ2) is 7.31. The third-order valence-electron chi connectivity index (χ3n) is 2.49. The lowest BCUT2D eigenvalue weighted by Crippen LogP contribution is -2.16. The van der Waals surface area contributed by atoms with Crippen molar-refractivity contribution in [1.82, 2.24) is 29.7 Å². The summed E-state index contributed by atoms with van der Waals surface area (Å²) in [7, 11) is 0. The number of hydrazine groups is 1. The lowest BCUT2D eigenvalue weighted by molar-refractivity contribution is 0.283. The molecular formula is C10H17N9O. The lowest BCUT2D eigenvalue weighted by Gasteiger charge is -2.07. The van der Waals surface area contributed by atoms with Gasteiger partial charge in [-0.1, -0.05) is 0 Å². The van der Waals surface area contributed by atoms with Crippen LogP contribution in [0.5, 0.6) is 0 Å². The van der Waals surface area contributed by atoms with E-state index in [4.69, 9.17) is 10.9 Å². The van der Waals surface area contributed by atoms with Gasteiger partial charge in [-0.2, -0.15) is 24.7 Å². The van der Waals surface area contributed by atoms with E-state index in [1.807, 2.05) is 0 Å². The molecule has 0 bridgehead atoms. The van der Waals surface area contributed by atoms with Crippen molar-refractivity contribution < 1.29 is 5.11 Å². The highest BCUT2D eigenvalue weighted by atomic mass is 16.2. The van der Waals surface area contributed by atoms with Crippen LogP contribution in [0, 0.1) is 0 Å². The first-order valence-corrected chi connectivity index (χ1v) is 6.26. The Hall–Kier alpha value is -2.33. The van der Waals surface area contributed by atoms with E-state index in [0.717, 1.165) is 19.3 Å². The first kappa shape index (κ1) is 14.1. The third-order valence-corrected chi connectivity index (χ3v) is 2.49. The van der Waals surface area contributed by atoms with Crippen LogP contribution in [0.15, 0.2) is 12.7 Å². The number of aliphatic hydroxyl groups excluding tert-OH is 1. The van der Waals surface area contributed by atoms with E-state index in [-0.39, 0.29) is 12.6 Å². The zero-order chi connectivity index (χ0) is 14.2. The summed E-state index contributed by atoms with van der Waals surface area (Å²) in [5.41, 5.74) is 2.38. The van der Waals surface area contributed by atoms with Gasteiger partial charge >= 0.3 is 0 Å². The number of unbranched alkanes of at least 4 members (excludes halogenated alkanes) is 2. The largest absolute Gasteiger partial charge is 0.396 e. The van der Waals surface area contributed by atoms with E-state index in [0.29, 0.717) is 18.4 Å². The summed E-state index contributed by atoms with van der Waals surface area (Å²) in [5.74, 6) is 6.30. The van der Waals surface area contributed by atoms with Crippen molar-refractivity contribution in [1.29, 1.82) is 0 Å². The fourth-order valence-electron chi connectivity index (χ4n) is 1.54. The molecule has 0 amide bonds. The summed E-state index contributed by atoms with van der Waals surface area (Å²) >= 11 is 0. The van der Waals surface area contributed by atoms with E-state index in [1.165, 1.54) is 17.3 Å². The first-order chi connectivity index (χ1) is 9.83. The molecule has 2 heterocycles. The van der Waals surface area contributed by atoms with Crippen molar-refractivity contribution >= 4 is 11.9 Å². The van der Waals surface area contributed by atoms with Crippen LogP contribution in [0.4, 0.5) is 11.9 Å². The molecule has 0 aliphatic heterocycles. The molecule has 0 fully saturated rings. The normalized spacial score (nSPS) is 10.5. The monoisotopic (exact) mass is 279 g/mol. The molecule has 0 saturated carbocycles. The van der Waals surface area contributed by atoms with Gasteiger partial charge in [-0.15, -0.1) is 0 Å². The number of nitrogen functional groups attached to an aromatic ring is 1. The highest BCUT2D eigenvalue weighted by Gasteiger charge is 2.07. The molecular weight excluding hydrogens is 262 g/mol. The average Bonchev–Trinajstić information content (AvgIpc) is 3.01. The molecule has 10 heteroatoms. The molecule has 20 heavy (non-hydrogen) atoms. The van der Waals surface area contributed by atoms with Crippen molar-refractivity contribution in [2.45, 2.75) is 19.3 Å². The van der Waals surface area contributed by atoms with Gasteiger partial charge in [0, 0.05) is 13.2 Å². The molecule has 2 rings (SSSR count). The minimum absolute atomic E-state index is 0.212. The number of aliphatic hydroxyl groups is 1. The predicted molar refractivity (Wildman–Crippen MR) is 72.0 cm³/mol. The van der Waals surface area contributed by atoms with Crippen molar-refractivity contribution in [3.63, 3.8) is 0 Å². The maximum Gasteiger partial charge on any atom is 0.258 e. The second-order valence-electron chi connectivity index (χ2n) is 3.98. The maximum absolute atomic E-state index is 8.70. The van der Waals surface area contributed by atoms with Gasteiger partial charge in [0.15, 0.2) is 0 Å². The predicted octanol–water partition coefficient (Wildman–Crippen LogP) is -0.688. The molecule has 0 aliphatic carbocycles. The third kappa shape index (κ3) is 3.83. The topological polar surface area (TPSA) is 140 Å². The molecule has 2 aromatic rings. The van der Waals surface area contributed by atoms with Crippen LogP contribution in [-0.2, 0) is 0 Å². The van der Waals surface area contributed by atoms with Gasteiger partial charge < -0.3 is 10.4 Å². The second-order valence-corrected chi connectivity index (χ2v) is 3.98. The summed E-state index contributed by atoms with van der Waals surface area (Å²) in [6.07, 6.45) is 5.52. The fraction of sp³-hybridized carbons (Fsp3) is 0.500. The molecule has 0 radical (unpaired) electrons. The van der Waals surface area contributed by atoms with E-state index < -0.39 is 0 Å². The lowest BCUT2D eigenvalue weighted by atomic mass is 10.2. The molecule has 0 saturated heterocycles. The average molecular weight is 279 g/mol. The number of nitrogens with two attached hydrogens (primary N) is 1. The number of rotatable bonds is 8. The van der Waals surface area contributed by atoms with Crippen LogP contribution in [0.25, 0.3) is 5.95 Å². The van der Waals surface area contributed by atoms with Gasteiger partial charge in [0.2, 0.25) is 11.9 Å². The quantitative estimate of drug-likeness (QED) is 0.281. The van der Waals surface area contributed by atoms with Crippen LogP contribution in [0.1, 0.15) is 19.3 Å². The Morgan fingerprint density at radius 3 is 2.70 bits per heavy atom. The number of aromatic nitrogens is 6. The van der Waals surface area contributed by atoms with Gasteiger partial charge in [-0.25, -0.2) is 10.8 Å². The summed E-state index contributed by atoms with van der Waals surface area (Å²) in [4.78, 5) is 16.2. The van der Waals surface area contributed by atoms with Crippen LogP contribution < -0.4 is 16.6 Å². The SMILES string of the molecule is NNc1nc(NCCCCCO)nc(-n2cncn2)n1. The summed E-state index contributed by atoms with van der Waals surface area (Å²) in [6, 6.07) is 0. The highest BCUT2D eigenvalue weighted by Crippen LogP contribution is 2.07. The number of anilines is 2. The summed E-state index contributed by atoms with van der Waals surface area (Å²) in [5, 5.41) is 15.7. The van der Waals surface area contributed by atoms with Gasteiger partial charge in [0.1, 0.15) is 12.7 Å². The zero-order valence-electron chi connectivity index (χ0n) is 10.9. The van der Waals surface area contributed by atoms with Gasteiger partial charge in [-0.3, -0.25) is 5.43 Å². The first-order valence-electron chi connectivity index (χ1n) is 6.26. The maximum atomic E-state index is 8.70. The number of nitrogens with one attached hydrogen (secondary N) is 2. The molecule has 5 N–H and O–H groups in total. The van der Waals surface area contributed by atoms with Crippen molar-refractivity contribution in [2.24, 2.45) is 5.84 Å². The number of hydrogen-bond donors (Lipinski definition) is 4. The Morgan fingerprint density at radius 2 is 2.00 bits per heavy atom. The van der Waals surface area contributed by atoms with Crippen molar-refractivity contribution in [3.05, 3.63) is 12.7 Å². The Balaban J connectivity index is 2.03. The van der Waals surface area contributed by atoms with Gasteiger partial charge in [-0.05, 0) is 19.3 Å². The molecule has 0 atom stereocenters. The zero-order valence-corrected chi connectivity index (χ0v) is 10.9. The van der Waals surface area contributed by atoms with Crippen molar-refractivity contribution in [3.8, 4) is 5.95 Å². The Bertz CT molecular complexity index is 515. The van der Waals surface area contributed by atoms with Crippen molar-refractivity contribution in [2.75, 3.05) is 23.9 Å². The number of nitrogens with zero attached hydrogens (tertiary/aromatic N) is 6. The van der Waals surface area contributed by atoms with Gasteiger partial charge in [0.25, 0.3) is 5.95 Å². The molecule has 108 valence electrons. The summed E-state index contributed by atoms with van der Waals surface area (Å²) < 4.78 is 1.42. The van der Waals surface area contributed by atoms with E-state index in [2.05, 4.69) is 35.8 Å². The number of hydrogen-bond acceptors (Lipinski definition) is 9.